The zero-order chi connectivity index (χ0) is 23.1. The van der Waals surface area contributed by atoms with Crippen molar-refractivity contribution < 1.29 is 28.3 Å². The highest BCUT2D eigenvalue weighted by atomic mass is 16.5. The zero-order valence-electron chi connectivity index (χ0n) is 18.8. The molecule has 2 heterocycles. The van der Waals surface area contributed by atoms with Crippen molar-refractivity contribution in [3.8, 4) is 17.3 Å². The minimum absolute atomic E-state index is 0.154. The molecule has 0 saturated heterocycles. The van der Waals surface area contributed by atoms with Gasteiger partial charge in [-0.3, -0.25) is 14.2 Å². The van der Waals surface area contributed by atoms with E-state index in [4.69, 9.17) is 18.7 Å². The molecule has 0 unspecified atom stereocenters. The Morgan fingerprint density at radius 2 is 1.78 bits per heavy atom. The summed E-state index contributed by atoms with van der Waals surface area (Å²) in [5, 5.41) is 4.01. The fourth-order valence-electron chi connectivity index (χ4n) is 3.40. The van der Waals surface area contributed by atoms with Crippen molar-refractivity contribution in [1.82, 2.24) is 9.72 Å². The van der Waals surface area contributed by atoms with Crippen LogP contribution in [0.15, 0.2) is 40.9 Å². The summed E-state index contributed by atoms with van der Waals surface area (Å²) in [7, 11) is 0. The Balaban J connectivity index is 1.47. The number of Topliss-reactive ketones (excluding diaryl/α,β-unsaturated/α-hetero) is 1. The molecule has 0 aliphatic heterocycles. The maximum absolute atomic E-state index is 12.6. The lowest BCUT2D eigenvalue weighted by Gasteiger charge is -2.11. The first-order valence-corrected chi connectivity index (χ1v) is 10.6. The van der Waals surface area contributed by atoms with Gasteiger partial charge in [0.1, 0.15) is 5.76 Å². The van der Waals surface area contributed by atoms with Crippen LogP contribution in [0, 0.1) is 20.8 Å². The molecule has 3 rings (SSSR count). The van der Waals surface area contributed by atoms with Crippen molar-refractivity contribution in [2.75, 3.05) is 19.8 Å². The van der Waals surface area contributed by atoms with Gasteiger partial charge in [-0.2, -0.15) is 0 Å². The van der Waals surface area contributed by atoms with E-state index in [1.165, 1.54) is 0 Å². The molecule has 0 saturated carbocycles. The van der Waals surface area contributed by atoms with Gasteiger partial charge in [0.2, 0.25) is 5.78 Å². The lowest BCUT2D eigenvalue weighted by molar-refractivity contribution is -0.142. The maximum atomic E-state index is 12.6. The van der Waals surface area contributed by atoms with Crippen molar-refractivity contribution in [1.29, 1.82) is 0 Å². The van der Waals surface area contributed by atoms with Gasteiger partial charge in [0, 0.05) is 29.4 Å². The number of hydrogen-bond donors (Lipinski definition) is 0. The summed E-state index contributed by atoms with van der Waals surface area (Å²) >= 11 is 0. The Bertz CT molecular complexity index is 1080. The third kappa shape index (κ3) is 5.57. The molecule has 0 aliphatic rings. The summed E-state index contributed by atoms with van der Waals surface area (Å²) in [6.45, 7) is 7.98. The van der Waals surface area contributed by atoms with Gasteiger partial charge in [-0.15, -0.1) is 0 Å². The molecule has 8 nitrogen and oxygen atoms in total. The Hall–Kier alpha value is -3.55. The van der Waals surface area contributed by atoms with E-state index in [1.807, 2.05) is 49.6 Å². The molecular formula is C24H28N2O6. The lowest BCUT2D eigenvalue weighted by Crippen LogP contribution is -2.15. The largest absolute Gasteiger partial charge is 0.490 e. The molecule has 0 amide bonds. The van der Waals surface area contributed by atoms with Gasteiger partial charge in [0.25, 0.3) is 0 Å². The Morgan fingerprint density at radius 3 is 2.44 bits per heavy atom. The number of aryl methyl sites for hydroxylation is 2. The lowest BCUT2D eigenvalue weighted by atomic mass is 10.1. The van der Waals surface area contributed by atoms with E-state index in [2.05, 4.69) is 5.16 Å². The number of carbonyl (C=O) groups is 2. The summed E-state index contributed by atoms with van der Waals surface area (Å²) in [5.41, 5.74) is 2.06. The number of aromatic nitrogens is 2. The quantitative estimate of drug-likeness (QED) is 0.248. The SMILES string of the molecule is CCOc1ccccc1OCCCC(=O)OCC(=O)c1cc(C)n(-c2cc(C)on2)c1C. The van der Waals surface area contributed by atoms with Crippen LogP contribution in [0.5, 0.6) is 11.5 Å². The van der Waals surface area contributed by atoms with Crippen LogP contribution in [0.4, 0.5) is 0 Å². The topological polar surface area (TPSA) is 92.8 Å². The molecule has 1 aromatic carbocycles. The van der Waals surface area contributed by atoms with Gasteiger partial charge in [-0.1, -0.05) is 17.3 Å². The minimum atomic E-state index is -0.444. The molecule has 0 spiro atoms. The first kappa shape index (κ1) is 23.1. The van der Waals surface area contributed by atoms with Gasteiger partial charge >= 0.3 is 5.97 Å². The van der Waals surface area contributed by atoms with E-state index in [9.17, 15) is 9.59 Å². The van der Waals surface area contributed by atoms with Crippen LogP contribution >= 0.6 is 0 Å². The maximum Gasteiger partial charge on any atom is 0.306 e. The Morgan fingerprint density at radius 1 is 1.06 bits per heavy atom. The van der Waals surface area contributed by atoms with Gasteiger partial charge < -0.3 is 18.7 Å². The molecule has 0 bridgehead atoms. The van der Waals surface area contributed by atoms with Crippen molar-refractivity contribution in [2.45, 2.75) is 40.5 Å². The molecule has 0 aliphatic carbocycles. The van der Waals surface area contributed by atoms with Crippen LogP contribution in [0.3, 0.4) is 0 Å². The van der Waals surface area contributed by atoms with Crippen LogP contribution in [-0.2, 0) is 9.53 Å². The molecule has 0 N–H and O–H groups in total. The molecule has 0 fully saturated rings. The van der Waals surface area contributed by atoms with E-state index < -0.39 is 5.97 Å². The number of carbonyl (C=O) groups excluding carboxylic acids is 2. The van der Waals surface area contributed by atoms with Gasteiger partial charge in [0.05, 0.1) is 13.2 Å². The third-order valence-electron chi connectivity index (χ3n) is 4.87. The van der Waals surface area contributed by atoms with Crippen molar-refractivity contribution in [2.24, 2.45) is 0 Å². The van der Waals surface area contributed by atoms with Gasteiger partial charge in [-0.25, -0.2) is 0 Å². The van der Waals surface area contributed by atoms with Crippen molar-refractivity contribution in [3.63, 3.8) is 0 Å². The summed E-state index contributed by atoms with van der Waals surface area (Å²) < 4.78 is 23.3. The highest BCUT2D eigenvalue weighted by Gasteiger charge is 2.19. The fourth-order valence-corrected chi connectivity index (χ4v) is 3.40. The monoisotopic (exact) mass is 440 g/mol. The molecule has 170 valence electrons. The van der Waals surface area contributed by atoms with Gasteiger partial charge in [0.15, 0.2) is 23.9 Å². The Kier molecular flexibility index (Phi) is 7.70. The molecule has 0 radical (unpaired) electrons. The standard InChI is InChI=1S/C24H28N2O6/c1-5-29-21-9-6-7-10-22(21)30-12-8-11-24(28)31-15-20(27)19-13-16(2)26(18(19)4)23-14-17(3)32-25-23/h6-7,9-10,13-14H,5,8,11-12,15H2,1-4H3. The van der Waals surface area contributed by atoms with Crippen LogP contribution in [0.25, 0.3) is 5.82 Å². The highest BCUT2D eigenvalue weighted by Crippen LogP contribution is 2.26. The van der Waals surface area contributed by atoms with Crippen LogP contribution in [-0.4, -0.2) is 41.3 Å². The average molecular weight is 440 g/mol. The van der Waals surface area contributed by atoms with Crippen LogP contribution < -0.4 is 9.47 Å². The minimum Gasteiger partial charge on any atom is -0.490 e. The van der Waals surface area contributed by atoms with Crippen LogP contribution in [0.1, 0.15) is 47.3 Å². The highest BCUT2D eigenvalue weighted by molar-refractivity contribution is 5.99. The molecular weight excluding hydrogens is 412 g/mol. The number of para-hydroxylation sites is 2. The Labute approximate surface area is 187 Å². The first-order chi connectivity index (χ1) is 15.4. The number of benzene rings is 1. The molecule has 8 heteroatoms. The molecule has 32 heavy (non-hydrogen) atoms. The smallest absolute Gasteiger partial charge is 0.306 e. The second kappa shape index (κ2) is 10.7. The van der Waals surface area contributed by atoms with Crippen molar-refractivity contribution >= 4 is 11.8 Å². The van der Waals surface area contributed by atoms with E-state index in [0.717, 1.165) is 11.4 Å². The summed E-state index contributed by atoms with van der Waals surface area (Å²) in [6.07, 6.45) is 0.620. The summed E-state index contributed by atoms with van der Waals surface area (Å²) in [5.74, 6) is 1.89. The normalized spacial score (nSPS) is 10.8. The van der Waals surface area contributed by atoms with E-state index >= 15 is 0 Å². The number of hydrogen-bond acceptors (Lipinski definition) is 7. The second-order valence-corrected chi connectivity index (χ2v) is 7.33. The molecule has 2 aromatic heterocycles. The zero-order valence-corrected chi connectivity index (χ0v) is 18.8. The van der Waals surface area contributed by atoms with Crippen molar-refractivity contribution in [3.05, 3.63) is 59.1 Å². The number of esters is 1. The fraction of sp³-hybridized carbons (Fsp3) is 0.375. The first-order valence-electron chi connectivity index (χ1n) is 10.6. The van der Waals surface area contributed by atoms with E-state index in [1.54, 1.807) is 19.1 Å². The summed E-state index contributed by atoms with van der Waals surface area (Å²) in [6, 6.07) is 10.9. The van der Waals surface area contributed by atoms with E-state index in [0.29, 0.717) is 48.3 Å². The average Bonchev–Trinajstić information content (AvgIpc) is 3.32. The predicted molar refractivity (Wildman–Crippen MR) is 118 cm³/mol. The summed E-state index contributed by atoms with van der Waals surface area (Å²) in [4.78, 5) is 24.7. The number of ether oxygens (including phenoxy) is 3. The number of ketones is 1. The third-order valence-corrected chi connectivity index (χ3v) is 4.87. The predicted octanol–water partition coefficient (Wildman–Crippen LogP) is 4.37. The van der Waals surface area contributed by atoms with Gasteiger partial charge in [-0.05, 0) is 52.3 Å². The van der Waals surface area contributed by atoms with E-state index in [-0.39, 0.29) is 18.8 Å². The molecule has 3 aromatic rings. The molecule has 0 atom stereocenters. The second-order valence-electron chi connectivity index (χ2n) is 7.33. The number of nitrogens with zero attached hydrogens (tertiary/aromatic N) is 2. The van der Waals surface area contributed by atoms with Crippen LogP contribution in [0.2, 0.25) is 0 Å². The number of rotatable bonds is 11.